The largest absolute Gasteiger partial charge is 0.388 e. The van der Waals surface area contributed by atoms with Crippen molar-refractivity contribution in [1.29, 1.82) is 0 Å². The van der Waals surface area contributed by atoms with Gasteiger partial charge in [0.2, 0.25) is 0 Å². The van der Waals surface area contributed by atoms with E-state index >= 15 is 0 Å². The van der Waals surface area contributed by atoms with E-state index in [9.17, 15) is 9.50 Å². The van der Waals surface area contributed by atoms with Crippen molar-refractivity contribution in [3.05, 3.63) is 28.5 Å². The highest BCUT2D eigenvalue weighted by molar-refractivity contribution is 9.10. The molecule has 0 amide bonds. The van der Waals surface area contributed by atoms with E-state index in [-0.39, 0.29) is 5.82 Å². The summed E-state index contributed by atoms with van der Waals surface area (Å²) >= 11 is 3.29. The van der Waals surface area contributed by atoms with Crippen LogP contribution in [0.15, 0.2) is 22.7 Å². The Labute approximate surface area is 103 Å². The Kier molecular flexibility index (Phi) is 3.50. The van der Waals surface area contributed by atoms with E-state index in [1.165, 1.54) is 12.1 Å². The molecule has 0 heterocycles. The lowest BCUT2D eigenvalue weighted by Gasteiger charge is -2.23. The van der Waals surface area contributed by atoms with Crippen LogP contribution in [0.2, 0.25) is 0 Å². The number of anilines is 1. The summed E-state index contributed by atoms with van der Waals surface area (Å²) in [5.74, 6) is -0.267. The number of hydrogen-bond donors (Lipinski definition) is 2. The third-order valence-corrected chi connectivity index (χ3v) is 3.73. The van der Waals surface area contributed by atoms with Gasteiger partial charge in [0.05, 0.1) is 5.60 Å². The summed E-state index contributed by atoms with van der Waals surface area (Å²) < 4.78 is 13.5. The molecule has 1 aliphatic rings. The number of hydrogen-bond acceptors (Lipinski definition) is 2. The first-order valence-electron chi connectivity index (χ1n) is 5.50. The maximum absolute atomic E-state index is 12.9. The molecule has 1 fully saturated rings. The number of aliphatic hydroxyl groups is 1. The van der Waals surface area contributed by atoms with Gasteiger partial charge in [0.25, 0.3) is 0 Å². The summed E-state index contributed by atoms with van der Waals surface area (Å²) in [6, 6.07) is 4.50. The molecule has 0 spiro atoms. The normalized spacial score (nSPS) is 18.7. The van der Waals surface area contributed by atoms with Crippen molar-refractivity contribution in [2.75, 3.05) is 11.9 Å². The van der Waals surface area contributed by atoms with Crippen molar-refractivity contribution in [3.8, 4) is 0 Å². The van der Waals surface area contributed by atoms with Crippen LogP contribution in [0.4, 0.5) is 10.1 Å². The molecule has 1 aromatic rings. The van der Waals surface area contributed by atoms with Crippen molar-refractivity contribution in [1.82, 2.24) is 0 Å². The minimum atomic E-state index is -0.589. The SMILES string of the molecule is OC1(CNc2ccc(F)cc2Br)CCCC1. The number of halogens is 2. The van der Waals surface area contributed by atoms with Crippen molar-refractivity contribution in [3.63, 3.8) is 0 Å². The second kappa shape index (κ2) is 4.72. The number of benzene rings is 1. The maximum Gasteiger partial charge on any atom is 0.124 e. The fourth-order valence-corrected chi connectivity index (χ4v) is 2.59. The Bertz CT molecular complexity index is 377. The second-order valence-electron chi connectivity index (χ2n) is 4.41. The van der Waals surface area contributed by atoms with Crippen LogP contribution in [-0.2, 0) is 0 Å². The summed E-state index contributed by atoms with van der Waals surface area (Å²) in [6.45, 7) is 0.525. The van der Waals surface area contributed by atoms with Gasteiger partial charge in [-0.1, -0.05) is 12.8 Å². The molecule has 0 unspecified atom stereocenters. The molecule has 2 nitrogen and oxygen atoms in total. The molecular weight excluding hydrogens is 273 g/mol. The predicted octanol–water partition coefficient (Wildman–Crippen LogP) is 3.31. The summed E-state index contributed by atoms with van der Waals surface area (Å²) in [6.07, 6.45) is 3.86. The van der Waals surface area contributed by atoms with Crippen LogP contribution in [0.5, 0.6) is 0 Å². The molecule has 0 saturated heterocycles. The number of rotatable bonds is 3. The monoisotopic (exact) mass is 287 g/mol. The average molecular weight is 288 g/mol. The van der Waals surface area contributed by atoms with E-state index in [0.29, 0.717) is 11.0 Å². The standard InChI is InChI=1S/C12H15BrFNO/c13-10-7-9(14)3-4-11(10)15-8-12(16)5-1-2-6-12/h3-4,7,15-16H,1-2,5-6,8H2. The predicted molar refractivity (Wildman–Crippen MR) is 66.0 cm³/mol. The van der Waals surface area contributed by atoms with Crippen LogP contribution in [0.3, 0.4) is 0 Å². The van der Waals surface area contributed by atoms with E-state index < -0.39 is 5.60 Å². The Balaban J connectivity index is 1.99. The molecule has 0 atom stereocenters. The summed E-state index contributed by atoms with van der Waals surface area (Å²) in [5, 5.41) is 13.3. The Morgan fingerprint density at radius 3 is 2.69 bits per heavy atom. The van der Waals surface area contributed by atoms with Gasteiger partial charge in [0, 0.05) is 16.7 Å². The van der Waals surface area contributed by atoms with Gasteiger partial charge >= 0.3 is 0 Å². The van der Waals surface area contributed by atoms with Crippen molar-refractivity contribution in [2.24, 2.45) is 0 Å². The molecule has 0 radical (unpaired) electrons. The molecular formula is C12H15BrFNO. The zero-order valence-corrected chi connectivity index (χ0v) is 10.6. The van der Waals surface area contributed by atoms with E-state index in [2.05, 4.69) is 21.2 Å². The summed E-state index contributed by atoms with van der Waals surface area (Å²) in [4.78, 5) is 0. The first kappa shape index (κ1) is 11.9. The second-order valence-corrected chi connectivity index (χ2v) is 5.26. The third kappa shape index (κ3) is 2.74. The Hall–Kier alpha value is -0.610. The van der Waals surface area contributed by atoms with Gasteiger partial charge < -0.3 is 10.4 Å². The fraction of sp³-hybridized carbons (Fsp3) is 0.500. The average Bonchev–Trinajstić information content (AvgIpc) is 2.64. The topological polar surface area (TPSA) is 32.3 Å². The van der Waals surface area contributed by atoms with Crippen LogP contribution in [-0.4, -0.2) is 17.3 Å². The molecule has 1 aromatic carbocycles. The van der Waals surface area contributed by atoms with Crippen molar-refractivity contribution in [2.45, 2.75) is 31.3 Å². The lowest BCUT2D eigenvalue weighted by molar-refractivity contribution is 0.0614. The van der Waals surface area contributed by atoms with Crippen LogP contribution in [0, 0.1) is 5.82 Å². The highest BCUT2D eigenvalue weighted by atomic mass is 79.9. The van der Waals surface area contributed by atoms with Gasteiger partial charge in [-0.05, 0) is 47.0 Å². The smallest absolute Gasteiger partial charge is 0.124 e. The van der Waals surface area contributed by atoms with E-state index in [4.69, 9.17) is 0 Å². The molecule has 0 aromatic heterocycles. The highest BCUT2D eigenvalue weighted by Crippen LogP contribution is 2.31. The lowest BCUT2D eigenvalue weighted by Crippen LogP contribution is -2.33. The summed E-state index contributed by atoms with van der Waals surface area (Å²) in [7, 11) is 0. The zero-order valence-electron chi connectivity index (χ0n) is 8.97. The van der Waals surface area contributed by atoms with Gasteiger partial charge in [0.1, 0.15) is 5.82 Å². The van der Waals surface area contributed by atoms with Gasteiger partial charge in [-0.2, -0.15) is 0 Å². The van der Waals surface area contributed by atoms with E-state index in [0.717, 1.165) is 31.4 Å². The molecule has 16 heavy (non-hydrogen) atoms. The molecule has 0 bridgehead atoms. The van der Waals surface area contributed by atoms with E-state index in [1.54, 1.807) is 6.07 Å². The van der Waals surface area contributed by atoms with Gasteiger partial charge in [-0.25, -0.2) is 4.39 Å². The minimum absolute atomic E-state index is 0.267. The summed E-state index contributed by atoms with van der Waals surface area (Å²) in [5.41, 5.74) is 0.232. The molecule has 1 saturated carbocycles. The molecule has 2 rings (SSSR count). The number of nitrogens with one attached hydrogen (secondary N) is 1. The molecule has 1 aliphatic carbocycles. The lowest BCUT2D eigenvalue weighted by atomic mass is 10.0. The molecule has 2 N–H and O–H groups in total. The molecule has 88 valence electrons. The van der Waals surface area contributed by atoms with Crippen LogP contribution >= 0.6 is 15.9 Å². The zero-order chi connectivity index (χ0) is 11.6. The minimum Gasteiger partial charge on any atom is -0.388 e. The highest BCUT2D eigenvalue weighted by Gasteiger charge is 2.30. The van der Waals surface area contributed by atoms with E-state index in [1.807, 2.05) is 0 Å². The maximum atomic E-state index is 12.9. The first-order chi connectivity index (χ1) is 7.59. The first-order valence-corrected chi connectivity index (χ1v) is 6.30. The van der Waals surface area contributed by atoms with Crippen LogP contribution in [0.1, 0.15) is 25.7 Å². The molecule has 0 aliphatic heterocycles. The van der Waals surface area contributed by atoms with Gasteiger partial charge in [0.15, 0.2) is 0 Å². The van der Waals surface area contributed by atoms with Crippen LogP contribution in [0.25, 0.3) is 0 Å². The van der Waals surface area contributed by atoms with Gasteiger partial charge in [-0.15, -0.1) is 0 Å². The fourth-order valence-electron chi connectivity index (χ4n) is 2.10. The third-order valence-electron chi connectivity index (χ3n) is 3.07. The Morgan fingerprint density at radius 2 is 2.06 bits per heavy atom. The van der Waals surface area contributed by atoms with Crippen molar-refractivity contribution < 1.29 is 9.50 Å². The Morgan fingerprint density at radius 1 is 1.38 bits per heavy atom. The van der Waals surface area contributed by atoms with Crippen molar-refractivity contribution >= 4 is 21.6 Å². The quantitative estimate of drug-likeness (QED) is 0.894. The molecule has 4 heteroatoms. The van der Waals surface area contributed by atoms with Crippen LogP contribution < -0.4 is 5.32 Å². The van der Waals surface area contributed by atoms with Gasteiger partial charge in [-0.3, -0.25) is 0 Å².